The van der Waals surface area contributed by atoms with Crippen molar-refractivity contribution in [1.82, 2.24) is 24.7 Å². The number of anilines is 3. The van der Waals surface area contributed by atoms with Gasteiger partial charge in [0.05, 0.1) is 29.5 Å². The molecule has 0 radical (unpaired) electrons. The van der Waals surface area contributed by atoms with E-state index in [1.165, 1.54) is 6.26 Å². The lowest BCUT2D eigenvalue weighted by atomic mass is 9.78. The molecule has 2 saturated heterocycles. The minimum atomic E-state index is -3.30. The highest BCUT2D eigenvalue weighted by Crippen LogP contribution is 2.42. The fraction of sp³-hybridized carbons (Fsp3) is 0.583. The summed E-state index contributed by atoms with van der Waals surface area (Å²) in [7, 11) is -3.30. The second kappa shape index (κ2) is 8.84. The molecule has 11 nitrogen and oxygen atoms in total. The number of nitrogens with zero attached hydrogens (tertiary/aromatic N) is 6. The predicted octanol–water partition coefficient (Wildman–Crippen LogP) is 2.97. The Balaban J connectivity index is 1.37. The quantitative estimate of drug-likeness (QED) is 0.455. The van der Waals surface area contributed by atoms with Crippen molar-refractivity contribution in [3.63, 3.8) is 0 Å². The first kappa shape index (κ1) is 24.7. The van der Waals surface area contributed by atoms with Gasteiger partial charge in [-0.3, -0.25) is 4.68 Å². The number of sulfone groups is 1. The Labute approximate surface area is 211 Å². The Morgan fingerprint density at radius 2 is 2.00 bits per heavy atom. The second-order valence-corrected chi connectivity index (χ2v) is 13.3. The molecular weight excluding hydrogens is 482 g/mol. The zero-order chi connectivity index (χ0) is 25.7. The van der Waals surface area contributed by atoms with Gasteiger partial charge in [-0.1, -0.05) is 6.92 Å². The minimum Gasteiger partial charge on any atom is -0.462 e. The van der Waals surface area contributed by atoms with Crippen LogP contribution in [0.3, 0.4) is 0 Å². The molecule has 1 unspecified atom stereocenters. The van der Waals surface area contributed by atoms with E-state index in [0.29, 0.717) is 17.1 Å². The van der Waals surface area contributed by atoms with Gasteiger partial charge in [0, 0.05) is 43.8 Å². The van der Waals surface area contributed by atoms with E-state index < -0.39 is 14.6 Å². The van der Waals surface area contributed by atoms with Crippen LogP contribution in [-0.4, -0.2) is 77.1 Å². The fourth-order valence-corrected chi connectivity index (χ4v) is 4.54. The van der Waals surface area contributed by atoms with E-state index in [1.54, 1.807) is 26.1 Å². The number of aromatic nitrogens is 5. The lowest BCUT2D eigenvalue weighted by Crippen LogP contribution is -2.66. The van der Waals surface area contributed by atoms with Crippen LogP contribution < -0.4 is 15.0 Å². The Kier molecular flexibility index (Phi) is 6.06. The van der Waals surface area contributed by atoms with E-state index in [9.17, 15) is 8.42 Å². The maximum Gasteiger partial charge on any atom is 0.318 e. The third kappa shape index (κ3) is 4.47. The van der Waals surface area contributed by atoms with Gasteiger partial charge in [-0.2, -0.15) is 10.1 Å². The van der Waals surface area contributed by atoms with Crippen LogP contribution in [0.15, 0.2) is 24.5 Å². The molecule has 0 aliphatic carbocycles. The first-order valence-corrected chi connectivity index (χ1v) is 14.0. The molecule has 12 heteroatoms. The molecule has 3 aromatic rings. The smallest absolute Gasteiger partial charge is 0.318 e. The maximum absolute atomic E-state index is 11.9. The fourth-order valence-electron chi connectivity index (χ4n) is 4.27. The highest BCUT2D eigenvalue weighted by atomic mass is 32.2. The van der Waals surface area contributed by atoms with Crippen molar-refractivity contribution in [2.45, 2.75) is 44.9 Å². The molecular formula is C24H33N7O4S. The lowest BCUT2D eigenvalue weighted by Gasteiger charge is -2.55. The summed E-state index contributed by atoms with van der Waals surface area (Å²) >= 11 is 0. The number of fused-ring (bicyclic) bond motifs is 1. The standard InChI is InChI=1S/C24H33N7O4S/c1-6-16(2)31-18-9-20(26-10-17(18)21(29-31)30-11-24(12-30)14-34-15-24)27-19-7-8-25-22(28-19)35-13-23(3,4)36(5,32)33/h7-10,16H,6,11-15H2,1-5H3,(H,25,26,27,28). The van der Waals surface area contributed by atoms with Crippen LogP contribution in [0.2, 0.25) is 0 Å². The Morgan fingerprint density at radius 1 is 1.25 bits per heavy atom. The zero-order valence-corrected chi connectivity index (χ0v) is 22.2. The summed E-state index contributed by atoms with van der Waals surface area (Å²) in [5.41, 5.74) is 1.30. The molecule has 194 valence electrons. The summed E-state index contributed by atoms with van der Waals surface area (Å²) in [6, 6.07) is 4.01. The van der Waals surface area contributed by atoms with E-state index in [2.05, 4.69) is 43.7 Å². The van der Waals surface area contributed by atoms with E-state index in [-0.39, 0.29) is 18.7 Å². The topological polar surface area (TPSA) is 124 Å². The van der Waals surface area contributed by atoms with Gasteiger partial charge in [-0.15, -0.1) is 0 Å². The Morgan fingerprint density at radius 3 is 2.64 bits per heavy atom. The highest BCUT2D eigenvalue weighted by molar-refractivity contribution is 7.92. The van der Waals surface area contributed by atoms with Gasteiger partial charge < -0.3 is 19.7 Å². The van der Waals surface area contributed by atoms with Gasteiger partial charge in [0.2, 0.25) is 0 Å². The second-order valence-electron chi connectivity index (χ2n) is 10.6. The van der Waals surface area contributed by atoms with Crippen LogP contribution in [0.4, 0.5) is 17.5 Å². The van der Waals surface area contributed by atoms with Crippen molar-refractivity contribution in [2.75, 3.05) is 49.4 Å². The van der Waals surface area contributed by atoms with Crippen molar-refractivity contribution in [3.05, 3.63) is 24.5 Å². The lowest BCUT2D eigenvalue weighted by molar-refractivity contribution is -0.127. The van der Waals surface area contributed by atoms with Gasteiger partial charge in [-0.05, 0) is 33.3 Å². The third-order valence-corrected chi connectivity index (χ3v) is 9.32. The van der Waals surface area contributed by atoms with Crippen LogP contribution >= 0.6 is 0 Å². The van der Waals surface area contributed by atoms with Crippen molar-refractivity contribution in [1.29, 1.82) is 0 Å². The number of hydrogen-bond acceptors (Lipinski definition) is 10. The molecule has 1 N–H and O–H groups in total. The molecule has 1 spiro atoms. The minimum absolute atomic E-state index is 0.0553. The summed E-state index contributed by atoms with van der Waals surface area (Å²) in [5, 5.41) is 9.21. The molecule has 36 heavy (non-hydrogen) atoms. The monoisotopic (exact) mass is 515 g/mol. The van der Waals surface area contributed by atoms with Gasteiger partial charge in [0.15, 0.2) is 15.7 Å². The predicted molar refractivity (Wildman–Crippen MR) is 138 cm³/mol. The van der Waals surface area contributed by atoms with Gasteiger partial charge in [0.25, 0.3) is 0 Å². The van der Waals surface area contributed by atoms with Crippen molar-refractivity contribution in [3.8, 4) is 6.01 Å². The number of hydrogen-bond donors (Lipinski definition) is 1. The Hall–Kier alpha value is -2.99. The average molecular weight is 516 g/mol. The number of pyridine rings is 1. The average Bonchev–Trinajstić information content (AvgIpc) is 3.13. The zero-order valence-electron chi connectivity index (χ0n) is 21.4. The van der Waals surface area contributed by atoms with Crippen LogP contribution in [0.25, 0.3) is 10.9 Å². The molecule has 2 aliphatic heterocycles. The van der Waals surface area contributed by atoms with Crippen molar-refractivity contribution in [2.24, 2.45) is 5.41 Å². The number of nitrogens with one attached hydrogen (secondary N) is 1. The van der Waals surface area contributed by atoms with Gasteiger partial charge in [-0.25, -0.2) is 18.4 Å². The molecule has 0 saturated carbocycles. The molecule has 0 aromatic carbocycles. The SMILES string of the molecule is CCC(C)n1nc(N2CC3(COC3)C2)c2cnc(Nc3ccnc(OCC(C)(C)S(C)(=O)=O)n3)cc21. The van der Waals surface area contributed by atoms with Crippen molar-refractivity contribution < 1.29 is 17.9 Å². The van der Waals surface area contributed by atoms with Crippen LogP contribution in [0.5, 0.6) is 6.01 Å². The highest BCUT2D eigenvalue weighted by Gasteiger charge is 2.50. The summed E-state index contributed by atoms with van der Waals surface area (Å²) in [5.74, 6) is 2.08. The summed E-state index contributed by atoms with van der Waals surface area (Å²) in [6.45, 7) is 11.0. The van der Waals surface area contributed by atoms with Gasteiger partial charge >= 0.3 is 6.01 Å². The molecule has 0 bridgehead atoms. The normalized spacial score (nSPS) is 18.1. The third-order valence-electron chi connectivity index (χ3n) is 7.19. The first-order chi connectivity index (χ1) is 17.0. The molecule has 2 aliphatic rings. The molecule has 2 fully saturated rings. The van der Waals surface area contributed by atoms with Crippen LogP contribution in [0.1, 0.15) is 40.2 Å². The largest absolute Gasteiger partial charge is 0.462 e. The molecule has 5 rings (SSSR count). The van der Waals surface area contributed by atoms with Crippen LogP contribution in [0, 0.1) is 5.41 Å². The molecule has 3 aromatic heterocycles. The van der Waals surface area contributed by atoms with Crippen molar-refractivity contribution >= 4 is 38.2 Å². The summed E-state index contributed by atoms with van der Waals surface area (Å²) in [6.07, 6.45) is 5.56. The van der Waals surface area contributed by atoms with E-state index in [0.717, 1.165) is 49.4 Å². The first-order valence-electron chi connectivity index (χ1n) is 12.1. The summed E-state index contributed by atoms with van der Waals surface area (Å²) in [4.78, 5) is 15.4. The van der Waals surface area contributed by atoms with E-state index in [4.69, 9.17) is 14.6 Å². The molecule has 0 amide bonds. The van der Waals surface area contributed by atoms with Crippen LogP contribution in [-0.2, 0) is 14.6 Å². The Bertz CT molecular complexity index is 1380. The summed E-state index contributed by atoms with van der Waals surface area (Å²) < 4.78 is 35.9. The molecule has 1 atom stereocenters. The van der Waals surface area contributed by atoms with Gasteiger partial charge in [0.1, 0.15) is 23.0 Å². The number of ether oxygens (including phenoxy) is 2. The van der Waals surface area contributed by atoms with E-state index in [1.807, 2.05) is 12.3 Å². The molecule has 5 heterocycles. The maximum atomic E-state index is 11.9. The number of rotatable bonds is 9. The van der Waals surface area contributed by atoms with E-state index >= 15 is 0 Å².